The molecular weight excluding hydrogens is 160 g/mol. The second-order valence-electron chi connectivity index (χ2n) is 3.96. The van der Waals surface area contributed by atoms with Crippen LogP contribution >= 0.6 is 0 Å². The standard InChI is InChI=1S/C11H16N2/c1-9(2)13-6-4-10-3-5-12-7-11(10)8-13/h3,5,7,9H,4,6,8H2,1-2H3. The van der Waals surface area contributed by atoms with E-state index in [1.807, 2.05) is 12.4 Å². The molecule has 2 heterocycles. The highest BCUT2D eigenvalue weighted by atomic mass is 15.1. The Hall–Kier alpha value is -0.890. The molecule has 0 spiro atoms. The molecule has 0 N–H and O–H groups in total. The topological polar surface area (TPSA) is 16.1 Å². The lowest BCUT2D eigenvalue weighted by Crippen LogP contribution is -2.35. The molecule has 1 aromatic rings. The Morgan fingerprint density at radius 1 is 1.38 bits per heavy atom. The minimum Gasteiger partial charge on any atom is -0.296 e. The van der Waals surface area contributed by atoms with Gasteiger partial charge in [-0.15, -0.1) is 0 Å². The SMILES string of the molecule is CC(C)N1CCc2ccncc2C1. The van der Waals surface area contributed by atoms with Crippen LogP contribution in [0.2, 0.25) is 0 Å². The number of hydrogen-bond donors (Lipinski definition) is 0. The second-order valence-corrected chi connectivity index (χ2v) is 3.96. The van der Waals surface area contributed by atoms with E-state index >= 15 is 0 Å². The van der Waals surface area contributed by atoms with Crippen molar-refractivity contribution in [2.45, 2.75) is 32.9 Å². The molecule has 13 heavy (non-hydrogen) atoms. The first-order valence-electron chi connectivity index (χ1n) is 4.93. The summed E-state index contributed by atoms with van der Waals surface area (Å²) in [6, 6.07) is 2.79. The number of aromatic nitrogens is 1. The molecule has 2 rings (SSSR count). The average Bonchev–Trinajstić information content (AvgIpc) is 2.17. The van der Waals surface area contributed by atoms with Gasteiger partial charge in [-0.3, -0.25) is 9.88 Å². The predicted octanol–water partition coefficient (Wildman–Crippen LogP) is 1.85. The van der Waals surface area contributed by atoms with E-state index in [2.05, 4.69) is 29.8 Å². The van der Waals surface area contributed by atoms with Crippen LogP contribution < -0.4 is 0 Å². The maximum Gasteiger partial charge on any atom is 0.0315 e. The molecule has 0 fully saturated rings. The first-order valence-corrected chi connectivity index (χ1v) is 4.93. The normalized spacial score (nSPS) is 17.5. The lowest BCUT2D eigenvalue weighted by Gasteiger charge is -2.31. The van der Waals surface area contributed by atoms with Crippen LogP contribution in [0.25, 0.3) is 0 Å². The van der Waals surface area contributed by atoms with Gasteiger partial charge in [0.2, 0.25) is 0 Å². The summed E-state index contributed by atoms with van der Waals surface area (Å²) in [5.74, 6) is 0. The van der Waals surface area contributed by atoms with E-state index < -0.39 is 0 Å². The maximum atomic E-state index is 4.17. The molecule has 2 heteroatoms. The first kappa shape index (κ1) is 8.70. The number of rotatable bonds is 1. The number of fused-ring (bicyclic) bond motifs is 1. The van der Waals surface area contributed by atoms with Gasteiger partial charge in [-0.25, -0.2) is 0 Å². The number of hydrogen-bond acceptors (Lipinski definition) is 2. The Labute approximate surface area is 79.6 Å². The van der Waals surface area contributed by atoms with Gasteiger partial charge in [0, 0.05) is 31.5 Å². The third-order valence-electron chi connectivity index (χ3n) is 2.78. The quantitative estimate of drug-likeness (QED) is 0.649. The highest BCUT2D eigenvalue weighted by Gasteiger charge is 2.17. The number of nitrogens with zero attached hydrogens (tertiary/aromatic N) is 2. The molecule has 0 saturated carbocycles. The van der Waals surface area contributed by atoms with Crippen molar-refractivity contribution in [1.29, 1.82) is 0 Å². The summed E-state index contributed by atoms with van der Waals surface area (Å²) >= 11 is 0. The lowest BCUT2D eigenvalue weighted by molar-refractivity contribution is 0.203. The van der Waals surface area contributed by atoms with E-state index in [1.165, 1.54) is 24.1 Å². The zero-order valence-corrected chi connectivity index (χ0v) is 8.33. The molecular formula is C11H16N2. The second kappa shape index (κ2) is 3.46. The first-order chi connectivity index (χ1) is 6.27. The Bertz CT molecular complexity index is 294. The van der Waals surface area contributed by atoms with Gasteiger partial charge >= 0.3 is 0 Å². The van der Waals surface area contributed by atoms with Gasteiger partial charge in [-0.05, 0) is 37.5 Å². The molecule has 0 aliphatic carbocycles. The van der Waals surface area contributed by atoms with E-state index in [1.54, 1.807) is 0 Å². The minimum absolute atomic E-state index is 0.647. The zero-order chi connectivity index (χ0) is 9.26. The molecule has 0 atom stereocenters. The molecule has 0 unspecified atom stereocenters. The zero-order valence-electron chi connectivity index (χ0n) is 8.33. The summed E-state index contributed by atoms with van der Waals surface area (Å²) in [5.41, 5.74) is 2.88. The highest BCUT2D eigenvalue weighted by molar-refractivity contribution is 5.25. The van der Waals surface area contributed by atoms with Crippen molar-refractivity contribution in [2.24, 2.45) is 0 Å². The fourth-order valence-electron chi connectivity index (χ4n) is 1.84. The monoisotopic (exact) mass is 176 g/mol. The summed E-state index contributed by atoms with van der Waals surface area (Å²) in [7, 11) is 0. The highest BCUT2D eigenvalue weighted by Crippen LogP contribution is 2.18. The van der Waals surface area contributed by atoms with Crippen LogP contribution in [-0.2, 0) is 13.0 Å². The van der Waals surface area contributed by atoms with E-state index in [-0.39, 0.29) is 0 Å². The van der Waals surface area contributed by atoms with Gasteiger partial charge in [0.15, 0.2) is 0 Å². The van der Waals surface area contributed by atoms with Gasteiger partial charge in [0.25, 0.3) is 0 Å². The lowest BCUT2D eigenvalue weighted by atomic mass is 10.0. The Kier molecular flexibility index (Phi) is 2.32. The van der Waals surface area contributed by atoms with Crippen molar-refractivity contribution in [3.63, 3.8) is 0 Å². The van der Waals surface area contributed by atoms with Crippen LogP contribution in [0, 0.1) is 0 Å². The Balaban J connectivity index is 2.20. The molecule has 0 radical (unpaired) electrons. The molecule has 0 amide bonds. The van der Waals surface area contributed by atoms with Gasteiger partial charge < -0.3 is 0 Å². The molecule has 1 aromatic heterocycles. The third kappa shape index (κ3) is 1.73. The molecule has 0 saturated heterocycles. The summed E-state index contributed by atoms with van der Waals surface area (Å²) < 4.78 is 0. The third-order valence-corrected chi connectivity index (χ3v) is 2.78. The van der Waals surface area contributed by atoms with E-state index in [0.717, 1.165) is 6.54 Å². The minimum atomic E-state index is 0.647. The van der Waals surface area contributed by atoms with Crippen LogP contribution in [0.15, 0.2) is 18.5 Å². The van der Waals surface area contributed by atoms with Gasteiger partial charge in [-0.2, -0.15) is 0 Å². The van der Waals surface area contributed by atoms with E-state index in [4.69, 9.17) is 0 Å². The maximum absolute atomic E-state index is 4.17. The molecule has 70 valence electrons. The van der Waals surface area contributed by atoms with Gasteiger partial charge in [0.05, 0.1) is 0 Å². The van der Waals surface area contributed by atoms with Crippen molar-refractivity contribution >= 4 is 0 Å². The summed E-state index contributed by atoms with van der Waals surface area (Å²) in [6.45, 7) is 6.76. The van der Waals surface area contributed by atoms with Crippen LogP contribution in [0.3, 0.4) is 0 Å². The molecule has 1 aliphatic rings. The van der Waals surface area contributed by atoms with Gasteiger partial charge in [0.1, 0.15) is 0 Å². The van der Waals surface area contributed by atoms with Crippen molar-refractivity contribution < 1.29 is 0 Å². The van der Waals surface area contributed by atoms with Crippen molar-refractivity contribution in [3.8, 4) is 0 Å². The summed E-state index contributed by atoms with van der Waals surface area (Å²) in [4.78, 5) is 6.66. The number of pyridine rings is 1. The van der Waals surface area contributed by atoms with E-state index in [0.29, 0.717) is 6.04 Å². The Morgan fingerprint density at radius 2 is 2.23 bits per heavy atom. The Morgan fingerprint density at radius 3 is 3.00 bits per heavy atom. The predicted molar refractivity (Wildman–Crippen MR) is 53.5 cm³/mol. The van der Waals surface area contributed by atoms with Crippen molar-refractivity contribution in [3.05, 3.63) is 29.6 Å². The summed E-state index contributed by atoms with van der Waals surface area (Å²) in [6.07, 6.45) is 5.07. The average molecular weight is 176 g/mol. The fraction of sp³-hybridized carbons (Fsp3) is 0.545. The molecule has 0 bridgehead atoms. The van der Waals surface area contributed by atoms with Crippen LogP contribution in [-0.4, -0.2) is 22.5 Å². The smallest absolute Gasteiger partial charge is 0.0315 e. The molecule has 1 aliphatic heterocycles. The fourth-order valence-corrected chi connectivity index (χ4v) is 1.84. The van der Waals surface area contributed by atoms with Crippen molar-refractivity contribution in [1.82, 2.24) is 9.88 Å². The largest absolute Gasteiger partial charge is 0.296 e. The van der Waals surface area contributed by atoms with E-state index in [9.17, 15) is 0 Å². The van der Waals surface area contributed by atoms with Crippen LogP contribution in [0.5, 0.6) is 0 Å². The molecule has 0 aromatic carbocycles. The summed E-state index contributed by atoms with van der Waals surface area (Å²) in [5, 5.41) is 0. The van der Waals surface area contributed by atoms with Crippen LogP contribution in [0.1, 0.15) is 25.0 Å². The molecule has 2 nitrogen and oxygen atoms in total. The van der Waals surface area contributed by atoms with Crippen molar-refractivity contribution in [2.75, 3.05) is 6.54 Å². The van der Waals surface area contributed by atoms with Crippen LogP contribution in [0.4, 0.5) is 0 Å². The van der Waals surface area contributed by atoms with Gasteiger partial charge in [-0.1, -0.05) is 0 Å².